The minimum Gasteiger partial charge on any atom is -0.497 e. The van der Waals surface area contributed by atoms with Crippen molar-refractivity contribution in [1.82, 2.24) is 4.57 Å². The molecule has 1 aromatic heterocycles. The molecule has 0 amide bonds. The molecule has 0 fully saturated rings. The van der Waals surface area contributed by atoms with Crippen LogP contribution in [0.15, 0.2) is 36.4 Å². The lowest BCUT2D eigenvalue weighted by Crippen LogP contribution is -2.06. The van der Waals surface area contributed by atoms with Gasteiger partial charge in [0.1, 0.15) is 11.6 Å². The second-order valence-corrected chi connectivity index (χ2v) is 6.34. The van der Waals surface area contributed by atoms with Gasteiger partial charge >= 0.3 is 6.04 Å². The van der Waals surface area contributed by atoms with E-state index < -0.39 is 6.04 Å². The Morgan fingerprint density at radius 3 is 2.44 bits per heavy atom. The number of ether oxygens (including phenoxy) is 1. The molecule has 3 aromatic rings. The molecular formula is C20H19F2NO2. The Kier molecular flexibility index (Phi) is 4.33. The molecule has 2 aromatic carbocycles. The van der Waals surface area contributed by atoms with E-state index in [0.717, 1.165) is 0 Å². The molecule has 0 aliphatic heterocycles. The maximum absolute atomic E-state index is 13.9. The van der Waals surface area contributed by atoms with Gasteiger partial charge in [0.2, 0.25) is 0 Å². The van der Waals surface area contributed by atoms with Gasteiger partial charge in [0, 0.05) is 16.8 Å². The lowest BCUT2D eigenvalue weighted by molar-refractivity contribution is 0.0836. The van der Waals surface area contributed by atoms with Crippen LogP contribution in [0.25, 0.3) is 16.6 Å². The van der Waals surface area contributed by atoms with Crippen molar-refractivity contribution in [2.24, 2.45) is 0 Å². The number of methoxy groups -OCH3 is 1. The lowest BCUT2D eigenvalue weighted by atomic mass is 10.0. The topological polar surface area (TPSA) is 31.2 Å². The largest absolute Gasteiger partial charge is 0.497 e. The van der Waals surface area contributed by atoms with Gasteiger partial charge in [-0.3, -0.25) is 4.79 Å². The molecule has 3 rings (SSSR count). The molecule has 0 N–H and O–H groups in total. The molecule has 0 spiro atoms. The summed E-state index contributed by atoms with van der Waals surface area (Å²) >= 11 is 0. The van der Waals surface area contributed by atoms with Gasteiger partial charge in [-0.05, 0) is 54.8 Å². The van der Waals surface area contributed by atoms with Crippen LogP contribution in [-0.4, -0.2) is 17.7 Å². The molecule has 130 valence electrons. The van der Waals surface area contributed by atoms with Crippen LogP contribution >= 0.6 is 0 Å². The smallest absolute Gasteiger partial charge is 0.334 e. The highest BCUT2D eigenvalue weighted by Gasteiger charge is 2.25. The highest BCUT2D eigenvalue weighted by Crippen LogP contribution is 2.36. The highest BCUT2D eigenvalue weighted by atomic mass is 19.1. The highest BCUT2D eigenvalue weighted by molar-refractivity contribution is 6.06. The van der Waals surface area contributed by atoms with Crippen LogP contribution < -0.4 is 4.74 Å². The van der Waals surface area contributed by atoms with Crippen LogP contribution in [0, 0.1) is 12.7 Å². The third-order valence-electron chi connectivity index (χ3n) is 4.35. The fourth-order valence-corrected chi connectivity index (χ4v) is 3.22. The van der Waals surface area contributed by atoms with Crippen LogP contribution in [0.2, 0.25) is 0 Å². The summed E-state index contributed by atoms with van der Waals surface area (Å²) in [6, 6.07) is 8.40. The number of hydrogen-bond acceptors (Lipinski definition) is 2. The SMILES string of the molecule is COc1ccc2c(c1)c(C(=O)F)c(C(C)C)n2-c1ccc(F)c(C)c1. The molecule has 3 nitrogen and oxygen atoms in total. The van der Waals surface area contributed by atoms with E-state index in [-0.39, 0.29) is 17.3 Å². The van der Waals surface area contributed by atoms with E-state index in [9.17, 15) is 13.6 Å². The van der Waals surface area contributed by atoms with Crippen molar-refractivity contribution in [3.63, 3.8) is 0 Å². The summed E-state index contributed by atoms with van der Waals surface area (Å²) in [5, 5.41) is 0.484. The van der Waals surface area contributed by atoms with Gasteiger partial charge in [-0.1, -0.05) is 13.8 Å². The Morgan fingerprint density at radius 2 is 1.88 bits per heavy atom. The zero-order valence-electron chi connectivity index (χ0n) is 14.6. The summed E-state index contributed by atoms with van der Waals surface area (Å²) in [5.74, 6) is 0.117. The van der Waals surface area contributed by atoms with Crippen LogP contribution in [0.3, 0.4) is 0 Å². The number of fused-ring (bicyclic) bond motifs is 1. The first-order valence-electron chi connectivity index (χ1n) is 8.03. The second-order valence-electron chi connectivity index (χ2n) is 6.34. The zero-order valence-corrected chi connectivity index (χ0v) is 14.6. The van der Waals surface area contributed by atoms with E-state index in [1.807, 2.05) is 18.4 Å². The number of benzene rings is 2. The summed E-state index contributed by atoms with van der Waals surface area (Å²) in [6.07, 6.45) is 0. The number of nitrogens with zero attached hydrogens (tertiary/aromatic N) is 1. The molecule has 0 unspecified atom stereocenters. The van der Waals surface area contributed by atoms with Crippen molar-refractivity contribution in [3.8, 4) is 11.4 Å². The Labute approximate surface area is 144 Å². The quantitative estimate of drug-likeness (QED) is 0.600. The summed E-state index contributed by atoms with van der Waals surface area (Å²) < 4.78 is 34.7. The van der Waals surface area contributed by atoms with Gasteiger partial charge in [-0.2, -0.15) is 4.39 Å². The Bertz CT molecular complexity index is 973. The lowest BCUT2D eigenvalue weighted by Gasteiger charge is -2.15. The average Bonchev–Trinajstić information content (AvgIpc) is 2.92. The fraction of sp³-hybridized carbons (Fsp3) is 0.250. The predicted molar refractivity (Wildman–Crippen MR) is 94.0 cm³/mol. The van der Waals surface area contributed by atoms with Crippen LogP contribution in [-0.2, 0) is 0 Å². The second kappa shape index (κ2) is 6.31. The van der Waals surface area contributed by atoms with Crippen LogP contribution in [0.1, 0.15) is 41.4 Å². The van der Waals surface area contributed by atoms with E-state index in [4.69, 9.17) is 4.74 Å². The van der Waals surface area contributed by atoms with Gasteiger partial charge in [-0.15, -0.1) is 0 Å². The van der Waals surface area contributed by atoms with Gasteiger partial charge < -0.3 is 9.30 Å². The minimum absolute atomic E-state index is 0.0332. The van der Waals surface area contributed by atoms with Crippen LogP contribution in [0.5, 0.6) is 5.75 Å². The van der Waals surface area contributed by atoms with Gasteiger partial charge in [0.05, 0.1) is 18.2 Å². The van der Waals surface area contributed by atoms with Gasteiger partial charge in [0.25, 0.3) is 0 Å². The first-order valence-corrected chi connectivity index (χ1v) is 8.03. The number of aromatic nitrogens is 1. The maximum atomic E-state index is 13.9. The van der Waals surface area contributed by atoms with E-state index >= 15 is 0 Å². The number of halogens is 2. The molecule has 0 radical (unpaired) electrons. The molecule has 25 heavy (non-hydrogen) atoms. The van der Waals surface area contributed by atoms with Crippen molar-refractivity contribution in [1.29, 1.82) is 0 Å². The molecule has 1 heterocycles. The third kappa shape index (κ3) is 2.80. The monoisotopic (exact) mass is 343 g/mol. The van der Waals surface area contributed by atoms with Crippen molar-refractivity contribution in [2.75, 3.05) is 7.11 Å². The third-order valence-corrected chi connectivity index (χ3v) is 4.35. The molecule has 0 saturated carbocycles. The number of carbonyl (C=O) groups excluding carboxylic acids is 1. The van der Waals surface area contributed by atoms with Crippen molar-refractivity contribution < 1.29 is 18.3 Å². The Hall–Kier alpha value is -2.69. The fourth-order valence-electron chi connectivity index (χ4n) is 3.22. The summed E-state index contributed by atoms with van der Waals surface area (Å²) in [7, 11) is 1.52. The van der Waals surface area contributed by atoms with Crippen molar-refractivity contribution in [3.05, 3.63) is 59.0 Å². The minimum atomic E-state index is -1.49. The number of hydrogen-bond donors (Lipinski definition) is 0. The average molecular weight is 343 g/mol. The Balaban J connectivity index is 2.46. The molecular weight excluding hydrogens is 324 g/mol. The summed E-state index contributed by atoms with van der Waals surface area (Å²) in [6.45, 7) is 5.46. The van der Waals surface area contributed by atoms with Crippen molar-refractivity contribution >= 4 is 16.9 Å². The van der Waals surface area contributed by atoms with E-state index in [1.165, 1.54) is 13.2 Å². The molecule has 0 aliphatic carbocycles. The zero-order chi connectivity index (χ0) is 18.3. The molecule has 5 heteroatoms. The van der Waals surface area contributed by atoms with E-state index in [0.29, 0.717) is 33.6 Å². The standard InChI is InChI=1S/C20H19F2NO2/c1-11(2)19-18(20(22)24)15-10-14(25-4)6-8-17(15)23(19)13-5-7-16(21)12(3)9-13/h5-11H,1-4H3. The van der Waals surface area contributed by atoms with E-state index in [1.54, 1.807) is 37.3 Å². The number of carbonyl (C=O) groups is 1. The van der Waals surface area contributed by atoms with Gasteiger partial charge in [0.15, 0.2) is 0 Å². The van der Waals surface area contributed by atoms with Crippen LogP contribution in [0.4, 0.5) is 8.78 Å². The summed E-state index contributed by atoms with van der Waals surface area (Å²) in [5.41, 5.74) is 2.44. The molecule has 0 bridgehead atoms. The molecule has 0 atom stereocenters. The van der Waals surface area contributed by atoms with Gasteiger partial charge in [-0.25, -0.2) is 4.39 Å². The maximum Gasteiger partial charge on any atom is 0.334 e. The summed E-state index contributed by atoms with van der Waals surface area (Å²) in [4.78, 5) is 11.8. The number of rotatable bonds is 4. The first kappa shape index (κ1) is 17.1. The first-order chi connectivity index (χ1) is 11.8. The normalized spacial score (nSPS) is 11.3. The molecule has 0 saturated heterocycles. The van der Waals surface area contributed by atoms with Crippen molar-refractivity contribution in [2.45, 2.75) is 26.7 Å². The Morgan fingerprint density at radius 1 is 1.16 bits per heavy atom. The number of aryl methyl sites for hydroxylation is 1. The predicted octanol–water partition coefficient (Wildman–Crippen LogP) is 5.32. The van der Waals surface area contributed by atoms with E-state index in [2.05, 4.69) is 0 Å². The molecule has 0 aliphatic rings.